The first-order chi connectivity index (χ1) is 14.2. The maximum Gasteiger partial charge on any atom is 0.328 e. The van der Waals surface area contributed by atoms with Crippen LogP contribution in [-0.2, 0) is 0 Å². The molecule has 4 heterocycles. The number of fused-ring (bicyclic) bond motifs is 2. The first-order valence-electron chi connectivity index (χ1n) is 9.02. The summed E-state index contributed by atoms with van der Waals surface area (Å²) >= 11 is 0. The minimum Gasteiger partial charge on any atom is -0.304 e. The quantitative estimate of drug-likeness (QED) is 0.484. The van der Waals surface area contributed by atoms with Crippen molar-refractivity contribution in [3.8, 4) is 5.82 Å². The highest BCUT2D eigenvalue weighted by atomic mass is 16.1. The highest BCUT2D eigenvalue weighted by Crippen LogP contribution is 2.25. The van der Waals surface area contributed by atoms with Crippen LogP contribution in [0.25, 0.3) is 32.9 Å². The maximum atomic E-state index is 12.6. The standard InChI is InChI=1S/C21H15N7O/c1-13(14-4-3-9-23-11-14)28-20-17(25-21(28)29)7-8-19(26-20)27-12-24-16-6-5-15(22-2)10-18(16)27/h3-13H,1H3,(H,25,29)/t13-/m1/s1. The van der Waals surface area contributed by atoms with Crippen LogP contribution in [-0.4, -0.2) is 29.1 Å². The predicted octanol–water partition coefficient (Wildman–Crippen LogP) is 3.62. The molecule has 0 aliphatic carbocycles. The Morgan fingerprint density at radius 2 is 2.10 bits per heavy atom. The summed E-state index contributed by atoms with van der Waals surface area (Å²) in [5.74, 6) is 0.619. The van der Waals surface area contributed by atoms with E-state index in [-0.39, 0.29) is 11.7 Å². The van der Waals surface area contributed by atoms with Crippen LogP contribution in [0.1, 0.15) is 18.5 Å². The van der Waals surface area contributed by atoms with Crippen LogP contribution in [0.3, 0.4) is 0 Å². The fourth-order valence-electron chi connectivity index (χ4n) is 3.51. The average molecular weight is 381 g/mol. The number of aromatic nitrogens is 6. The molecule has 5 aromatic rings. The largest absolute Gasteiger partial charge is 0.328 e. The number of imidazole rings is 2. The summed E-state index contributed by atoms with van der Waals surface area (Å²) in [6.07, 6.45) is 5.12. The molecule has 4 aromatic heterocycles. The number of nitrogens with one attached hydrogen (secondary N) is 1. The van der Waals surface area contributed by atoms with Gasteiger partial charge in [-0.25, -0.2) is 19.6 Å². The van der Waals surface area contributed by atoms with E-state index in [1.165, 1.54) is 0 Å². The van der Waals surface area contributed by atoms with Gasteiger partial charge in [-0.1, -0.05) is 12.1 Å². The smallest absolute Gasteiger partial charge is 0.304 e. The molecule has 0 radical (unpaired) electrons. The van der Waals surface area contributed by atoms with E-state index in [1.54, 1.807) is 35.4 Å². The van der Waals surface area contributed by atoms with Gasteiger partial charge in [-0.3, -0.25) is 14.1 Å². The second-order valence-corrected chi connectivity index (χ2v) is 6.70. The molecule has 29 heavy (non-hydrogen) atoms. The number of hydrogen-bond donors (Lipinski definition) is 1. The summed E-state index contributed by atoms with van der Waals surface area (Å²) in [6.45, 7) is 9.19. The summed E-state index contributed by atoms with van der Waals surface area (Å²) in [7, 11) is 0. The van der Waals surface area contributed by atoms with Gasteiger partial charge in [0.2, 0.25) is 0 Å². The van der Waals surface area contributed by atoms with Crippen LogP contribution >= 0.6 is 0 Å². The second-order valence-electron chi connectivity index (χ2n) is 6.70. The zero-order valence-corrected chi connectivity index (χ0v) is 15.4. The van der Waals surface area contributed by atoms with Gasteiger partial charge in [-0.15, -0.1) is 0 Å². The minimum atomic E-state index is -0.235. The van der Waals surface area contributed by atoms with Crippen LogP contribution in [0.2, 0.25) is 0 Å². The van der Waals surface area contributed by atoms with Gasteiger partial charge in [0.05, 0.1) is 29.2 Å². The van der Waals surface area contributed by atoms with Crippen molar-refractivity contribution in [3.05, 3.63) is 88.7 Å². The molecule has 0 saturated carbocycles. The van der Waals surface area contributed by atoms with E-state index in [4.69, 9.17) is 11.6 Å². The molecule has 0 unspecified atom stereocenters. The van der Waals surface area contributed by atoms with Gasteiger partial charge >= 0.3 is 5.69 Å². The third-order valence-corrected chi connectivity index (χ3v) is 5.01. The highest BCUT2D eigenvalue weighted by molar-refractivity contribution is 5.82. The van der Waals surface area contributed by atoms with Gasteiger partial charge in [-0.05, 0) is 42.8 Å². The lowest BCUT2D eigenvalue weighted by atomic mass is 10.1. The fraction of sp³-hybridized carbons (Fsp3) is 0.0952. The Kier molecular flexibility index (Phi) is 3.74. The molecule has 5 rings (SSSR count). The van der Waals surface area contributed by atoms with Crippen molar-refractivity contribution in [2.45, 2.75) is 13.0 Å². The summed E-state index contributed by atoms with van der Waals surface area (Å²) in [4.78, 5) is 32.3. The third kappa shape index (κ3) is 2.68. The lowest BCUT2D eigenvalue weighted by Crippen LogP contribution is -2.21. The van der Waals surface area contributed by atoms with E-state index in [9.17, 15) is 4.79 Å². The third-order valence-electron chi connectivity index (χ3n) is 5.01. The molecule has 140 valence electrons. The molecular weight excluding hydrogens is 366 g/mol. The maximum absolute atomic E-state index is 12.6. The molecule has 0 bridgehead atoms. The molecule has 0 aliphatic rings. The van der Waals surface area contributed by atoms with Crippen molar-refractivity contribution in [2.24, 2.45) is 0 Å². The normalized spacial score (nSPS) is 12.3. The molecule has 0 aliphatic heterocycles. The molecular formula is C21H15N7O. The average Bonchev–Trinajstić information content (AvgIpc) is 3.32. The Labute approximate surface area is 164 Å². The Morgan fingerprint density at radius 3 is 2.90 bits per heavy atom. The number of H-pyrrole nitrogens is 1. The predicted molar refractivity (Wildman–Crippen MR) is 109 cm³/mol. The molecule has 0 spiro atoms. The molecule has 1 aromatic carbocycles. The van der Waals surface area contributed by atoms with Crippen molar-refractivity contribution in [2.75, 3.05) is 0 Å². The summed E-state index contributed by atoms with van der Waals surface area (Å²) in [5, 5.41) is 0. The van der Waals surface area contributed by atoms with Gasteiger partial charge in [-0.2, -0.15) is 0 Å². The van der Waals surface area contributed by atoms with E-state index in [1.807, 2.05) is 41.8 Å². The van der Waals surface area contributed by atoms with E-state index < -0.39 is 0 Å². The first-order valence-corrected chi connectivity index (χ1v) is 9.02. The van der Waals surface area contributed by atoms with E-state index in [0.29, 0.717) is 22.7 Å². The number of rotatable bonds is 3. The number of pyridine rings is 2. The fourth-order valence-corrected chi connectivity index (χ4v) is 3.51. The Bertz CT molecular complexity index is 1450. The van der Waals surface area contributed by atoms with Crippen LogP contribution in [0, 0.1) is 6.57 Å². The number of aromatic amines is 1. The van der Waals surface area contributed by atoms with E-state index >= 15 is 0 Å². The summed E-state index contributed by atoms with van der Waals surface area (Å²) < 4.78 is 3.44. The van der Waals surface area contributed by atoms with Crippen molar-refractivity contribution in [1.82, 2.24) is 29.1 Å². The first kappa shape index (κ1) is 16.9. The van der Waals surface area contributed by atoms with E-state index in [2.05, 4.69) is 19.8 Å². The number of hydrogen-bond acceptors (Lipinski definition) is 4. The minimum absolute atomic E-state index is 0.230. The molecule has 0 saturated heterocycles. The van der Waals surface area contributed by atoms with Gasteiger partial charge in [0, 0.05) is 12.4 Å². The summed E-state index contributed by atoms with van der Waals surface area (Å²) in [6, 6.07) is 12.5. The Balaban J connectivity index is 1.70. The van der Waals surface area contributed by atoms with Gasteiger partial charge in [0.15, 0.2) is 11.3 Å². The zero-order chi connectivity index (χ0) is 20.0. The lowest BCUT2D eigenvalue weighted by Gasteiger charge is -2.13. The van der Waals surface area contributed by atoms with Crippen LogP contribution in [0.15, 0.2) is 66.0 Å². The van der Waals surface area contributed by atoms with Crippen molar-refractivity contribution >= 4 is 27.9 Å². The van der Waals surface area contributed by atoms with Crippen molar-refractivity contribution < 1.29 is 0 Å². The van der Waals surface area contributed by atoms with Crippen molar-refractivity contribution in [1.29, 1.82) is 0 Å². The highest BCUT2D eigenvalue weighted by Gasteiger charge is 2.17. The second kappa shape index (κ2) is 6.42. The molecule has 0 amide bonds. The van der Waals surface area contributed by atoms with E-state index in [0.717, 1.165) is 16.6 Å². The van der Waals surface area contributed by atoms with Crippen LogP contribution < -0.4 is 5.69 Å². The Morgan fingerprint density at radius 1 is 1.21 bits per heavy atom. The molecule has 0 fully saturated rings. The topological polar surface area (TPSA) is 85.8 Å². The van der Waals surface area contributed by atoms with Crippen molar-refractivity contribution in [3.63, 3.8) is 0 Å². The Hall–Kier alpha value is -4.25. The van der Waals surface area contributed by atoms with Gasteiger partial charge in [0.25, 0.3) is 0 Å². The SMILES string of the molecule is [C-]#[N+]c1ccc2ncn(-c3ccc4[nH]c(=O)n([C@H](C)c5cccnc5)c4n3)c2c1. The van der Waals surface area contributed by atoms with Crippen LogP contribution in [0.5, 0.6) is 0 Å². The summed E-state index contributed by atoms with van der Waals surface area (Å²) in [5.41, 5.74) is 3.98. The van der Waals surface area contributed by atoms with Gasteiger partial charge < -0.3 is 4.98 Å². The molecule has 8 nitrogen and oxygen atoms in total. The molecule has 8 heteroatoms. The monoisotopic (exact) mass is 381 g/mol. The lowest BCUT2D eigenvalue weighted by molar-refractivity contribution is 0.628. The zero-order valence-electron chi connectivity index (χ0n) is 15.4. The van der Waals surface area contributed by atoms with Crippen LogP contribution in [0.4, 0.5) is 5.69 Å². The number of benzene rings is 1. The number of nitrogens with zero attached hydrogens (tertiary/aromatic N) is 6. The molecule has 1 N–H and O–H groups in total. The molecule has 1 atom stereocenters. The van der Waals surface area contributed by atoms with Gasteiger partial charge in [0.1, 0.15) is 12.1 Å².